The summed E-state index contributed by atoms with van der Waals surface area (Å²) in [4.78, 5) is 6.54. The van der Waals surface area contributed by atoms with E-state index in [0.29, 0.717) is 5.89 Å². The zero-order valence-electron chi connectivity index (χ0n) is 12.5. The number of fused-ring (bicyclic) bond motifs is 1. The van der Waals surface area contributed by atoms with Crippen molar-refractivity contribution in [3.8, 4) is 11.5 Å². The number of hydrogen-bond donors (Lipinski definition) is 0. The Morgan fingerprint density at radius 3 is 2.24 bits per heavy atom. The molecule has 4 heteroatoms. The minimum absolute atomic E-state index is 0.668. The Morgan fingerprint density at radius 2 is 1.67 bits per heavy atom. The molecular weight excluding hydrogens is 375 g/mol. The first kappa shape index (κ1) is 15.8. The molecule has 0 spiro atoms. The van der Waals surface area contributed by atoms with Crippen LogP contribution >= 0.6 is 22.6 Å². The number of alkyl halides is 1. The summed E-state index contributed by atoms with van der Waals surface area (Å²) in [5, 5.41) is 0. The van der Waals surface area contributed by atoms with E-state index in [-0.39, 0.29) is 0 Å². The van der Waals surface area contributed by atoms with Crippen LogP contribution in [0.3, 0.4) is 0 Å². The second-order valence-corrected chi connectivity index (χ2v) is 6.22. The predicted octanol–water partition coefficient (Wildman–Crippen LogP) is 5.00. The monoisotopic (exact) mass is 394 g/mol. The molecule has 0 aliphatic carbocycles. The fraction of sp³-hybridized carbons (Fsp3) is 0.235. The van der Waals surface area contributed by atoms with Crippen LogP contribution in [0.15, 0.2) is 52.9 Å². The molecule has 0 bridgehead atoms. The lowest BCUT2D eigenvalue weighted by atomic mass is 10.2. The van der Waals surface area contributed by atoms with Gasteiger partial charge in [-0.15, -0.1) is 0 Å². The van der Waals surface area contributed by atoms with Crippen LogP contribution in [0.25, 0.3) is 22.6 Å². The number of hydrogen-bond acceptors (Lipinski definition) is 3. The number of benzene rings is 2. The first-order valence-corrected chi connectivity index (χ1v) is 8.37. The van der Waals surface area contributed by atoms with Gasteiger partial charge in [0.15, 0.2) is 5.58 Å². The second-order valence-electron chi connectivity index (χ2n) is 4.70. The number of nitrogens with zero attached hydrogens (tertiary/aromatic N) is 2. The molecule has 1 heterocycles. The van der Waals surface area contributed by atoms with Crippen molar-refractivity contribution in [3.05, 3.63) is 48.5 Å². The highest BCUT2D eigenvalue weighted by atomic mass is 127. The van der Waals surface area contributed by atoms with Crippen molar-refractivity contribution >= 4 is 39.4 Å². The number of rotatable bonds is 2. The van der Waals surface area contributed by atoms with Crippen LogP contribution in [-0.4, -0.2) is 23.5 Å². The first-order chi connectivity index (χ1) is 10.2. The van der Waals surface area contributed by atoms with Gasteiger partial charge in [0.1, 0.15) is 5.52 Å². The van der Waals surface area contributed by atoms with E-state index in [0.717, 1.165) is 22.4 Å². The Labute approximate surface area is 139 Å². The van der Waals surface area contributed by atoms with E-state index in [2.05, 4.69) is 51.5 Å². The summed E-state index contributed by atoms with van der Waals surface area (Å²) in [5.41, 5.74) is 3.88. The average molecular weight is 394 g/mol. The molecule has 0 unspecified atom stereocenters. The molecule has 21 heavy (non-hydrogen) atoms. The quantitative estimate of drug-likeness (QED) is 0.453. The van der Waals surface area contributed by atoms with Gasteiger partial charge in [-0.2, -0.15) is 0 Å². The van der Waals surface area contributed by atoms with Crippen LogP contribution in [-0.2, 0) is 0 Å². The van der Waals surface area contributed by atoms with Crippen LogP contribution in [0.2, 0.25) is 0 Å². The average Bonchev–Trinajstić information content (AvgIpc) is 2.92. The van der Waals surface area contributed by atoms with Crippen LogP contribution in [0.1, 0.15) is 6.92 Å². The van der Waals surface area contributed by atoms with Gasteiger partial charge >= 0.3 is 0 Å². The number of anilines is 1. The molecule has 0 saturated heterocycles. The Hall–Kier alpha value is -1.56. The normalized spacial score (nSPS) is 10.1. The van der Waals surface area contributed by atoms with Gasteiger partial charge in [0, 0.05) is 25.3 Å². The summed E-state index contributed by atoms with van der Waals surface area (Å²) in [6.07, 6.45) is 0. The van der Waals surface area contributed by atoms with Gasteiger partial charge in [0.05, 0.1) is 0 Å². The van der Waals surface area contributed by atoms with Crippen molar-refractivity contribution in [3.63, 3.8) is 0 Å². The molecule has 0 aliphatic rings. The van der Waals surface area contributed by atoms with Crippen LogP contribution in [0, 0.1) is 0 Å². The maximum atomic E-state index is 5.73. The highest BCUT2D eigenvalue weighted by Crippen LogP contribution is 2.25. The molecule has 3 rings (SSSR count). The van der Waals surface area contributed by atoms with E-state index in [1.165, 1.54) is 4.43 Å². The lowest BCUT2D eigenvalue weighted by Gasteiger charge is -2.11. The summed E-state index contributed by atoms with van der Waals surface area (Å²) in [6.45, 7) is 2.11. The van der Waals surface area contributed by atoms with E-state index in [1.807, 2.05) is 50.5 Å². The van der Waals surface area contributed by atoms with Crippen molar-refractivity contribution in [2.75, 3.05) is 23.4 Å². The number of oxazole rings is 1. The fourth-order valence-corrected chi connectivity index (χ4v) is 1.90. The van der Waals surface area contributed by atoms with Crippen molar-refractivity contribution in [1.29, 1.82) is 0 Å². The Balaban J connectivity index is 0.000000497. The summed E-state index contributed by atoms with van der Waals surface area (Å²) >= 11 is 2.29. The van der Waals surface area contributed by atoms with E-state index >= 15 is 0 Å². The van der Waals surface area contributed by atoms with Gasteiger partial charge in [0.2, 0.25) is 5.89 Å². The first-order valence-electron chi connectivity index (χ1n) is 6.85. The number of aromatic nitrogens is 1. The molecule has 0 atom stereocenters. The maximum absolute atomic E-state index is 5.73. The van der Waals surface area contributed by atoms with Crippen LogP contribution in [0.4, 0.5) is 5.69 Å². The molecule has 3 aromatic rings. The highest BCUT2D eigenvalue weighted by molar-refractivity contribution is 14.1. The van der Waals surface area contributed by atoms with Crippen molar-refractivity contribution < 1.29 is 4.42 Å². The highest BCUT2D eigenvalue weighted by Gasteiger charge is 2.07. The Bertz CT molecular complexity index is 656. The number of halogens is 1. The molecule has 3 nitrogen and oxygen atoms in total. The van der Waals surface area contributed by atoms with Crippen molar-refractivity contribution in [2.45, 2.75) is 6.92 Å². The summed E-state index contributed by atoms with van der Waals surface area (Å²) in [5.74, 6) is 0.668. The molecule has 0 aliphatic heterocycles. The van der Waals surface area contributed by atoms with E-state index in [4.69, 9.17) is 4.42 Å². The third kappa shape index (κ3) is 3.97. The minimum atomic E-state index is 0.668. The van der Waals surface area contributed by atoms with Gasteiger partial charge in [-0.05, 0) is 40.8 Å². The molecule has 1 aromatic heterocycles. The van der Waals surface area contributed by atoms with E-state index in [1.54, 1.807) is 0 Å². The third-order valence-electron chi connectivity index (χ3n) is 2.92. The number of para-hydroxylation sites is 2. The third-order valence-corrected chi connectivity index (χ3v) is 2.92. The standard InChI is InChI=1S/C15H14N2O.C2H5I/c1-17(2)12-9-7-11(8-10-12)15-16-13-5-3-4-6-14(13)18-15;1-2-3/h3-10H,1-2H3;2H2,1H3. The van der Waals surface area contributed by atoms with E-state index in [9.17, 15) is 0 Å². The molecule has 110 valence electrons. The van der Waals surface area contributed by atoms with E-state index < -0.39 is 0 Å². The molecule has 0 fully saturated rings. The molecule has 2 aromatic carbocycles. The van der Waals surface area contributed by atoms with Crippen LogP contribution < -0.4 is 4.90 Å². The van der Waals surface area contributed by atoms with Crippen molar-refractivity contribution in [2.24, 2.45) is 0 Å². The largest absolute Gasteiger partial charge is 0.436 e. The lowest BCUT2D eigenvalue weighted by Crippen LogP contribution is -2.07. The van der Waals surface area contributed by atoms with Crippen molar-refractivity contribution in [1.82, 2.24) is 4.98 Å². The fourth-order valence-electron chi connectivity index (χ4n) is 1.90. The zero-order valence-corrected chi connectivity index (χ0v) is 14.7. The minimum Gasteiger partial charge on any atom is -0.436 e. The summed E-state index contributed by atoms with van der Waals surface area (Å²) < 4.78 is 6.95. The van der Waals surface area contributed by atoms with Gasteiger partial charge in [-0.1, -0.05) is 41.6 Å². The zero-order chi connectivity index (χ0) is 15.2. The smallest absolute Gasteiger partial charge is 0.227 e. The predicted molar refractivity (Wildman–Crippen MR) is 98.3 cm³/mol. The molecule has 0 amide bonds. The topological polar surface area (TPSA) is 29.3 Å². The maximum Gasteiger partial charge on any atom is 0.227 e. The Kier molecular flexibility index (Phi) is 5.61. The van der Waals surface area contributed by atoms with Gasteiger partial charge in [0.25, 0.3) is 0 Å². The summed E-state index contributed by atoms with van der Waals surface area (Å²) in [6, 6.07) is 16.0. The molecule has 0 radical (unpaired) electrons. The van der Waals surface area contributed by atoms with Gasteiger partial charge < -0.3 is 9.32 Å². The van der Waals surface area contributed by atoms with Gasteiger partial charge in [-0.25, -0.2) is 4.98 Å². The molecule has 0 saturated carbocycles. The Morgan fingerprint density at radius 1 is 1.05 bits per heavy atom. The van der Waals surface area contributed by atoms with Crippen LogP contribution in [0.5, 0.6) is 0 Å². The molecular formula is C17H19IN2O. The molecule has 0 N–H and O–H groups in total. The lowest BCUT2D eigenvalue weighted by molar-refractivity contribution is 0.620. The SMILES string of the molecule is CCI.CN(C)c1ccc(-c2nc3ccccc3o2)cc1. The second kappa shape index (κ2) is 7.45. The van der Waals surface area contributed by atoms with Gasteiger partial charge in [-0.3, -0.25) is 0 Å². The summed E-state index contributed by atoms with van der Waals surface area (Å²) in [7, 11) is 4.04.